The lowest BCUT2D eigenvalue weighted by Gasteiger charge is -2.01. The van der Waals surface area contributed by atoms with Gasteiger partial charge in [0.25, 0.3) is 0 Å². The Bertz CT molecular complexity index is 358. The third-order valence-electron chi connectivity index (χ3n) is 2.86. The molecule has 0 radical (unpaired) electrons. The van der Waals surface area contributed by atoms with Gasteiger partial charge in [-0.15, -0.1) is 11.3 Å². The van der Waals surface area contributed by atoms with Crippen LogP contribution in [-0.2, 0) is 6.54 Å². The first-order valence-electron chi connectivity index (χ1n) is 5.77. The van der Waals surface area contributed by atoms with Gasteiger partial charge in [-0.25, -0.2) is 4.79 Å². The molecular formula is C12H17NO2S. The molecule has 3 nitrogen and oxygen atoms in total. The summed E-state index contributed by atoms with van der Waals surface area (Å²) in [6.07, 6.45) is 5.43. The van der Waals surface area contributed by atoms with Crippen molar-refractivity contribution >= 4 is 17.3 Å². The summed E-state index contributed by atoms with van der Waals surface area (Å²) in [7, 11) is 0. The maximum atomic E-state index is 10.7. The lowest BCUT2D eigenvalue weighted by molar-refractivity contribution is 0.0697. The van der Waals surface area contributed by atoms with Crippen molar-refractivity contribution in [1.82, 2.24) is 5.32 Å². The number of hydrogen-bond donors (Lipinski definition) is 2. The van der Waals surface area contributed by atoms with Crippen molar-refractivity contribution in [3.63, 3.8) is 0 Å². The Morgan fingerprint density at radius 1 is 1.56 bits per heavy atom. The lowest BCUT2D eigenvalue weighted by Crippen LogP contribution is -2.13. The van der Waals surface area contributed by atoms with E-state index in [2.05, 4.69) is 5.32 Å². The molecular weight excluding hydrogens is 222 g/mol. The molecule has 0 saturated heterocycles. The van der Waals surface area contributed by atoms with Gasteiger partial charge in [-0.1, -0.05) is 12.8 Å². The van der Waals surface area contributed by atoms with E-state index in [0.717, 1.165) is 23.9 Å². The number of thiophene rings is 1. The van der Waals surface area contributed by atoms with Crippen LogP contribution in [0, 0.1) is 5.92 Å². The van der Waals surface area contributed by atoms with Crippen LogP contribution >= 0.6 is 11.3 Å². The van der Waals surface area contributed by atoms with Gasteiger partial charge in [-0.2, -0.15) is 0 Å². The average molecular weight is 239 g/mol. The molecule has 88 valence electrons. The van der Waals surface area contributed by atoms with E-state index >= 15 is 0 Å². The molecule has 1 aromatic heterocycles. The molecule has 1 aromatic rings. The van der Waals surface area contributed by atoms with Crippen LogP contribution in [-0.4, -0.2) is 17.6 Å². The fourth-order valence-electron chi connectivity index (χ4n) is 1.72. The molecule has 0 bridgehead atoms. The third-order valence-corrected chi connectivity index (χ3v) is 3.80. The van der Waals surface area contributed by atoms with Gasteiger partial charge in [-0.05, 0) is 31.4 Å². The molecule has 0 atom stereocenters. The first-order valence-corrected chi connectivity index (χ1v) is 6.65. The van der Waals surface area contributed by atoms with E-state index in [9.17, 15) is 4.79 Å². The van der Waals surface area contributed by atoms with Crippen LogP contribution in [0.15, 0.2) is 11.4 Å². The molecule has 0 aliphatic heterocycles. The van der Waals surface area contributed by atoms with Crippen molar-refractivity contribution in [2.24, 2.45) is 5.92 Å². The Hall–Kier alpha value is -0.870. The van der Waals surface area contributed by atoms with E-state index in [-0.39, 0.29) is 0 Å². The maximum Gasteiger partial charge on any atom is 0.336 e. The zero-order valence-electron chi connectivity index (χ0n) is 9.24. The predicted molar refractivity (Wildman–Crippen MR) is 64.9 cm³/mol. The average Bonchev–Trinajstić information content (AvgIpc) is 2.94. The van der Waals surface area contributed by atoms with Crippen LogP contribution in [0.3, 0.4) is 0 Å². The molecule has 4 heteroatoms. The highest BCUT2D eigenvalue weighted by molar-refractivity contribution is 7.10. The lowest BCUT2D eigenvalue weighted by atomic mass is 10.2. The van der Waals surface area contributed by atoms with E-state index < -0.39 is 5.97 Å². The summed E-state index contributed by atoms with van der Waals surface area (Å²) in [5.41, 5.74) is 0.403. The normalized spacial score (nSPS) is 15.2. The summed E-state index contributed by atoms with van der Waals surface area (Å²) in [4.78, 5) is 11.8. The van der Waals surface area contributed by atoms with E-state index in [1.807, 2.05) is 0 Å². The van der Waals surface area contributed by atoms with Gasteiger partial charge >= 0.3 is 5.97 Å². The maximum absolute atomic E-state index is 10.7. The Balaban J connectivity index is 1.62. The summed E-state index contributed by atoms with van der Waals surface area (Å²) >= 11 is 1.51. The van der Waals surface area contributed by atoms with Crippen LogP contribution in [0.1, 0.15) is 40.9 Å². The van der Waals surface area contributed by atoms with Gasteiger partial charge in [0.1, 0.15) is 0 Å². The van der Waals surface area contributed by atoms with Crippen LogP contribution in [0.25, 0.3) is 0 Å². The molecule has 2 N–H and O–H groups in total. The standard InChI is InChI=1S/C12H17NO2S/c14-12(15)10-6-11(16-8-10)7-13-5-1-2-9-3-4-9/h6,8-9,13H,1-5,7H2,(H,14,15). The number of hydrogen-bond acceptors (Lipinski definition) is 3. The van der Waals surface area contributed by atoms with E-state index in [0.29, 0.717) is 5.56 Å². The summed E-state index contributed by atoms with van der Waals surface area (Å²) in [6.45, 7) is 1.83. The minimum atomic E-state index is -0.837. The topological polar surface area (TPSA) is 49.3 Å². The SMILES string of the molecule is O=C(O)c1csc(CNCCCC2CC2)c1. The van der Waals surface area contributed by atoms with Crippen molar-refractivity contribution in [2.45, 2.75) is 32.2 Å². The first kappa shape index (κ1) is 11.6. The Kier molecular flexibility index (Phi) is 3.96. The zero-order valence-corrected chi connectivity index (χ0v) is 10.1. The number of nitrogens with one attached hydrogen (secondary N) is 1. The number of carboxylic acid groups (broad SMARTS) is 1. The van der Waals surface area contributed by atoms with Gasteiger partial charge in [0.15, 0.2) is 0 Å². The van der Waals surface area contributed by atoms with E-state index in [1.165, 1.54) is 37.0 Å². The van der Waals surface area contributed by atoms with Crippen molar-refractivity contribution in [3.8, 4) is 0 Å². The van der Waals surface area contributed by atoms with Gasteiger partial charge in [-0.3, -0.25) is 0 Å². The van der Waals surface area contributed by atoms with Gasteiger partial charge in [0.05, 0.1) is 5.56 Å². The Labute approximate surface area is 99.5 Å². The van der Waals surface area contributed by atoms with E-state index in [1.54, 1.807) is 11.4 Å². The molecule has 1 saturated carbocycles. The number of carboxylic acids is 1. The molecule has 0 unspecified atom stereocenters. The number of aromatic carboxylic acids is 1. The summed E-state index contributed by atoms with van der Waals surface area (Å²) in [5.74, 6) is 0.165. The molecule has 0 aromatic carbocycles. The van der Waals surface area contributed by atoms with Crippen LogP contribution in [0.2, 0.25) is 0 Å². The van der Waals surface area contributed by atoms with Crippen molar-refractivity contribution < 1.29 is 9.90 Å². The highest BCUT2D eigenvalue weighted by Crippen LogP contribution is 2.33. The van der Waals surface area contributed by atoms with Crippen molar-refractivity contribution in [2.75, 3.05) is 6.54 Å². The zero-order chi connectivity index (χ0) is 11.4. The first-order chi connectivity index (χ1) is 7.75. The summed E-state index contributed by atoms with van der Waals surface area (Å²) in [5, 5.41) is 13.8. The largest absolute Gasteiger partial charge is 0.478 e. The summed E-state index contributed by atoms with van der Waals surface area (Å²) in [6, 6.07) is 1.75. The minimum absolute atomic E-state index is 0.403. The molecule has 1 aliphatic rings. The van der Waals surface area contributed by atoms with Crippen LogP contribution < -0.4 is 5.32 Å². The smallest absolute Gasteiger partial charge is 0.336 e. The highest BCUT2D eigenvalue weighted by Gasteiger charge is 2.19. The minimum Gasteiger partial charge on any atom is -0.478 e. The molecule has 1 heterocycles. The number of carbonyl (C=O) groups is 1. The van der Waals surface area contributed by atoms with Gasteiger partial charge in [0, 0.05) is 16.8 Å². The second-order valence-electron chi connectivity index (χ2n) is 4.37. The quantitative estimate of drug-likeness (QED) is 0.719. The molecule has 0 spiro atoms. The highest BCUT2D eigenvalue weighted by atomic mass is 32.1. The summed E-state index contributed by atoms with van der Waals surface area (Å²) < 4.78 is 0. The fourth-order valence-corrected chi connectivity index (χ4v) is 2.55. The Morgan fingerprint density at radius 3 is 3.00 bits per heavy atom. The van der Waals surface area contributed by atoms with Gasteiger partial charge in [0.2, 0.25) is 0 Å². The second-order valence-corrected chi connectivity index (χ2v) is 5.37. The molecule has 1 fully saturated rings. The molecule has 2 rings (SSSR count). The predicted octanol–water partition coefficient (Wildman–Crippen LogP) is 2.73. The van der Waals surface area contributed by atoms with Crippen LogP contribution in [0.4, 0.5) is 0 Å². The molecule has 1 aliphatic carbocycles. The van der Waals surface area contributed by atoms with Crippen molar-refractivity contribution in [3.05, 3.63) is 21.9 Å². The second kappa shape index (κ2) is 5.46. The van der Waals surface area contributed by atoms with Crippen LogP contribution in [0.5, 0.6) is 0 Å². The third kappa shape index (κ3) is 3.61. The molecule has 16 heavy (non-hydrogen) atoms. The monoisotopic (exact) mass is 239 g/mol. The van der Waals surface area contributed by atoms with Gasteiger partial charge < -0.3 is 10.4 Å². The number of rotatable bonds is 7. The molecule has 0 amide bonds. The van der Waals surface area contributed by atoms with Crippen molar-refractivity contribution in [1.29, 1.82) is 0 Å². The fraction of sp³-hybridized carbons (Fsp3) is 0.583. The van der Waals surface area contributed by atoms with E-state index in [4.69, 9.17) is 5.11 Å². The Morgan fingerprint density at radius 2 is 2.38 bits per heavy atom.